The number of aryl methyl sites for hydroxylation is 1. The van der Waals surface area contributed by atoms with Gasteiger partial charge in [0.05, 0.1) is 11.0 Å². The first-order valence-electron chi connectivity index (χ1n) is 21.5. The minimum Gasteiger partial charge on any atom is -0.311 e. The van der Waals surface area contributed by atoms with Crippen LogP contribution in [0.5, 0.6) is 0 Å². The summed E-state index contributed by atoms with van der Waals surface area (Å²) in [7, 11) is 0. The molecule has 0 saturated carbocycles. The second kappa shape index (κ2) is 16.3. The molecule has 1 atom stereocenters. The molecule has 0 fully saturated rings. The summed E-state index contributed by atoms with van der Waals surface area (Å²) in [4.78, 5) is 2.35. The first-order valence-corrected chi connectivity index (χ1v) is 21.5. The Morgan fingerprint density at radius 3 is 1.16 bits per heavy atom. The maximum absolute atomic E-state index is 2.41. The largest absolute Gasteiger partial charge is 0.311 e. The summed E-state index contributed by atoms with van der Waals surface area (Å²) in [5, 5.41) is 2.50. The lowest BCUT2D eigenvalue weighted by molar-refractivity contribution is 0.734. The molecule has 1 aromatic heterocycles. The van der Waals surface area contributed by atoms with E-state index >= 15 is 0 Å². The van der Waals surface area contributed by atoms with Gasteiger partial charge in [0.1, 0.15) is 0 Å². The van der Waals surface area contributed by atoms with E-state index in [0.717, 1.165) is 23.5 Å². The molecule has 61 heavy (non-hydrogen) atoms. The normalized spacial score (nSPS) is 11.9. The summed E-state index contributed by atoms with van der Waals surface area (Å²) < 4.78 is 2.41. The molecule has 9 aromatic carbocycles. The number of anilines is 3. The van der Waals surface area contributed by atoms with Crippen LogP contribution in [-0.4, -0.2) is 4.57 Å². The fourth-order valence-corrected chi connectivity index (χ4v) is 8.71. The van der Waals surface area contributed by atoms with E-state index in [9.17, 15) is 0 Å². The minimum absolute atomic E-state index is 0.553. The van der Waals surface area contributed by atoms with Crippen molar-refractivity contribution in [2.24, 2.45) is 0 Å². The number of fused-ring (bicyclic) bond motifs is 3. The van der Waals surface area contributed by atoms with Gasteiger partial charge in [-0.1, -0.05) is 165 Å². The van der Waals surface area contributed by atoms with Gasteiger partial charge in [-0.05, 0) is 142 Å². The van der Waals surface area contributed by atoms with Crippen molar-refractivity contribution >= 4 is 38.9 Å². The Bertz CT molecular complexity index is 2990. The fraction of sp³-hybridized carbons (Fsp3) is 0.0847. The third-order valence-corrected chi connectivity index (χ3v) is 12.4. The quantitative estimate of drug-likeness (QED) is 0.134. The summed E-state index contributed by atoms with van der Waals surface area (Å²) in [6, 6.07) is 80.0. The lowest BCUT2D eigenvalue weighted by atomic mass is 9.95. The monoisotopic (exact) mass is 784 g/mol. The van der Waals surface area contributed by atoms with Crippen LogP contribution < -0.4 is 4.90 Å². The molecule has 0 radical (unpaired) electrons. The van der Waals surface area contributed by atoms with Crippen LogP contribution in [0.25, 0.3) is 72.0 Å². The van der Waals surface area contributed by atoms with Crippen LogP contribution in [0.2, 0.25) is 0 Å². The zero-order chi connectivity index (χ0) is 41.3. The van der Waals surface area contributed by atoms with Crippen molar-refractivity contribution in [3.8, 4) is 50.2 Å². The van der Waals surface area contributed by atoms with Crippen LogP contribution >= 0.6 is 0 Å². The summed E-state index contributed by atoms with van der Waals surface area (Å²) in [6.07, 6.45) is 1.14. The van der Waals surface area contributed by atoms with E-state index in [1.54, 1.807) is 0 Å². The SMILES string of the molecule is CCC(C)c1ccc(-c2ccc3c(c2)c2cc(-c4ccc(N(c5ccc(-c6ccccc6)cc5)c5ccc(-c6ccccc6)cc5)cc4)ccc2n3-c2ccc(C)cc2)cc1. The molecule has 10 aromatic rings. The van der Waals surface area contributed by atoms with Gasteiger partial charge in [-0.25, -0.2) is 0 Å². The molecule has 0 aliphatic rings. The molecule has 0 N–H and O–H groups in total. The van der Waals surface area contributed by atoms with Crippen LogP contribution in [-0.2, 0) is 0 Å². The molecule has 294 valence electrons. The third kappa shape index (κ3) is 7.43. The number of rotatable bonds is 10. The summed E-state index contributed by atoms with van der Waals surface area (Å²) in [6.45, 7) is 6.71. The average molecular weight is 785 g/mol. The Hall–Kier alpha value is -7.42. The summed E-state index contributed by atoms with van der Waals surface area (Å²) in [5.41, 5.74) is 19.2. The predicted octanol–water partition coefficient (Wildman–Crippen LogP) is 16.7. The van der Waals surface area contributed by atoms with Gasteiger partial charge in [-0.15, -0.1) is 0 Å². The molecular formula is C59H48N2. The highest BCUT2D eigenvalue weighted by Gasteiger charge is 2.17. The zero-order valence-electron chi connectivity index (χ0n) is 35.0. The van der Waals surface area contributed by atoms with Crippen molar-refractivity contribution in [3.05, 3.63) is 230 Å². The molecule has 1 heterocycles. The van der Waals surface area contributed by atoms with Crippen molar-refractivity contribution in [1.82, 2.24) is 4.57 Å². The fourth-order valence-electron chi connectivity index (χ4n) is 8.71. The molecule has 1 unspecified atom stereocenters. The molecule has 0 bridgehead atoms. The van der Waals surface area contributed by atoms with E-state index in [1.807, 2.05) is 0 Å². The molecule has 2 heteroatoms. The van der Waals surface area contributed by atoms with E-state index in [1.165, 1.54) is 83.1 Å². The Labute approximate surface area is 359 Å². The van der Waals surface area contributed by atoms with Crippen molar-refractivity contribution < 1.29 is 0 Å². The number of hydrogen-bond donors (Lipinski definition) is 0. The molecule has 10 rings (SSSR count). The van der Waals surface area contributed by atoms with Crippen molar-refractivity contribution in [3.63, 3.8) is 0 Å². The molecule has 2 nitrogen and oxygen atoms in total. The summed E-state index contributed by atoms with van der Waals surface area (Å²) >= 11 is 0. The highest BCUT2D eigenvalue weighted by molar-refractivity contribution is 6.11. The van der Waals surface area contributed by atoms with Crippen LogP contribution in [0.4, 0.5) is 17.1 Å². The Morgan fingerprint density at radius 2 is 0.754 bits per heavy atom. The lowest BCUT2D eigenvalue weighted by Gasteiger charge is -2.26. The zero-order valence-corrected chi connectivity index (χ0v) is 35.0. The number of hydrogen-bond acceptors (Lipinski definition) is 1. The predicted molar refractivity (Wildman–Crippen MR) is 261 cm³/mol. The summed E-state index contributed by atoms with van der Waals surface area (Å²) in [5.74, 6) is 0.553. The van der Waals surface area contributed by atoms with E-state index < -0.39 is 0 Å². The van der Waals surface area contributed by atoms with E-state index in [-0.39, 0.29) is 0 Å². The topological polar surface area (TPSA) is 8.17 Å². The highest BCUT2D eigenvalue weighted by atomic mass is 15.1. The maximum Gasteiger partial charge on any atom is 0.0541 e. The Morgan fingerprint density at radius 1 is 0.393 bits per heavy atom. The maximum atomic E-state index is 2.41. The lowest BCUT2D eigenvalue weighted by Crippen LogP contribution is -2.09. The van der Waals surface area contributed by atoms with E-state index in [2.05, 4.69) is 249 Å². The number of nitrogens with zero attached hydrogens (tertiary/aromatic N) is 2. The standard InChI is InChI=1S/C59H48N2/c1-4-42(3)43-17-19-48(20-18-43)50-27-37-58-56(39-50)57-40-51(28-38-59(57)61(58)55-29-15-41(2)16-30-55)49-25-35-54(36-26-49)60(52-31-21-46(22-32-52)44-11-7-5-8-12-44)53-33-23-47(24-34-53)45-13-9-6-10-14-45/h5-40,42H,4H2,1-3H3. The first kappa shape index (κ1) is 37.8. The van der Waals surface area contributed by atoms with Gasteiger partial charge >= 0.3 is 0 Å². The van der Waals surface area contributed by atoms with E-state index in [4.69, 9.17) is 0 Å². The second-order valence-corrected chi connectivity index (χ2v) is 16.3. The van der Waals surface area contributed by atoms with Crippen LogP contribution in [0, 0.1) is 6.92 Å². The molecule has 0 saturated heterocycles. The van der Waals surface area contributed by atoms with Gasteiger partial charge in [0.25, 0.3) is 0 Å². The van der Waals surface area contributed by atoms with Crippen molar-refractivity contribution in [1.29, 1.82) is 0 Å². The van der Waals surface area contributed by atoms with Gasteiger partial charge in [-0.3, -0.25) is 0 Å². The van der Waals surface area contributed by atoms with Gasteiger partial charge in [-0.2, -0.15) is 0 Å². The Balaban J connectivity index is 1.04. The minimum atomic E-state index is 0.553. The van der Waals surface area contributed by atoms with Crippen LogP contribution in [0.15, 0.2) is 218 Å². The van der Waals surface area contributed by atoms with Gasteiger partial charge in [0.2, 0.25) is 0 Å². The van der Waals surface area contributed by atoms with Gasteiger partial charge in [0, 0.05) is 33.5 Å². The smallest absolute Gasteiger partial charge is 0.0541 e. The first-order chi connectivity index (χ1) is 30.0. The number of aromatic nitrogens is 1. The molecular weight excluding hydrogens is 737 g/mol. The van der Waals surface area contributed by atoms with Crippen molar-refractivity contribution in [2.75, 3.05) is 4.90 Å². The van der Waals surface area contributed by atoms with Crippen LogP contribution in [0.1, 0.15) is 37.3 Å². The Kier molecular flexibility index (Phi) is 10.1. The second-order valence-electron chi connectivity index (χ2n) is 16.3. The molecule has 0 aliphatic heterocycles. The van der Waals surface area contributed by atoms with E-state index in [0.29, 0.717) is 5.92 Å². The highest BCUT2D eigenvalue weighted by Crippen LogP contribution is 2.40. The average Bonchev–Trinajstić information content (AvgIpc) is 3.66. The molecule has 0 spiro atoms. The molecule has 0 aliphatic carbocycles. The van der Waals surface area contributed by atoms with Crippen LogP contribution in [0.3, 0.4) is 0 Å². The van der Waals surface area contributed by atoms with Gasteiger partial charge in [0.15, 0.2) is 0 Å². The van der Waals surface area contributed by atoms with Crippen molar-refractivity contribution in [2.45, 2.75) is 33.1 Å². The molecule has 0 amide bonds. The number of benzene rings is 9. The third-order valence-electron chi connectivity index (χ3n) is 12.4. The van der Waals surface area contributed by atoms with Gasteiger partial charge < -0.3 is 9.47 Å².